The molecule has 20 heavy (non-hydrogen) atoms. The van der Waals surface area contributed by atoms with E-state index in [0.717, 1.165) is 0 Å². The van der Waals surface area contributed by atoms with Gasteiger partial charge in [0.05, 0.1) is 5.56 Å². The van der Waals surface area contributed by atoms with Crippen LogP contribution in [0.15, 0.2) is 24.3 Å². The Kier molecular flexibility index (Phi) is 5.52. The SMILES string of the molecule is CCC(=O)OC[C@H](NC(=O)c1ccccc1O)C(=O)O. The van der Waals surface area contributed by atoms with Gasteiger partial charge in [-0.05, 0) is 12.1 Å². The number of benzene rings is 1. The lowest BCUT2D eigenvalue weighted by Gasteiger charge is -2.15. The molecule has 0 aromatic heterocycles. The van der Waals surface area contributed by atoms with Gasteiger partial charge in [0.1, 0.15) is 12.4 Å². The van der Waals surface area contributed by atoms with E-state index in [1.54, 1.807) is 6.92 Å². The van der Waals surface area contributed by atoms with E-state index in [9.17, 15) is 19.5 Å². The van der Waals surface area contributed by atoms with Crippen LogP contribution in [0.1, 0.15) is 23.7 Å². The van der Waals surface area contributed by atoms with E-state index < -0.39 is 30.5 Å². The van der Waals surface area contributed by atoms with E-state index in [1.165, 1.54) is 24.3 Å². The van der Waals surface area contributed by atoms with E-state index >= 15 is 0 Å². The fourth-order valence-electron chi connectivity index (χ4n) is 1.35. The number of rotatable bonds is 6. The number of aromatic hydroxyl groups is 1. The Labute approximate surface area is 115 Å². The van der Waals surface area contributed by atoms with Crippen LogP contribution in [0, 0.1) is 0 Å². The van der Waals surface area contributed by atoms with Crippen LogP contribution in [0.25, 0.3) is 0 Å². The highest BCUT2D eigenvalue weighted by atomic mass is 16.5. The Morgan fingerprint density at radius 3 is 2.50 bits per heavy atom. The Hall–Kier alpha value is -2.57. The van der Waals surface area contributed by atoms with Crippen molar-refractivity contribution < 1.29 is 29.3 Å². The second-order valence-corrected chi connectivity index (χ2v) is 3.92. The lowest BCUT2D eigenvalue weighted by molar-refractivity contribution is -0.148. The molecule has 7 nitrogen and oxygen atoms in total. The molecule has 1 atom stereocenters. The van der Waals surface area contributed by atoms with Crippen LogP contribution in [-0.4, -0.2) is 40.7 Å². The molecular formula is C13H15NO6. The van der Waals surface area contributed by atoms with Crippen molar-refractivity contribution in [1.82, 2.24) is 5.32 Å². The van der Waals surface area contributed by atoms with Gasteiger partial charge in [-0.25, -0.2) is 4.79 Å². The largest absolute Gasteiger partial charge is 0.507 e. The molecule has 0 aliphatic heterocycles. The van der Waals surface area contributed by atoms with Crippen molar-refractivity contribution in [2.45, 2.75) is 19.4 Å². The molecule has 1 rings (SSSR count). The number of hydrogen-bond donors (Lipinski definition) is 3. The quantitative estimate of drug-likeness (QED) is 0.655. The highest BCUT2D eigenvalue weighted by Gasteiger charge is 2.23. The molecule has 0 saturated heterocycles. The smallest absolute Gasteiger partial charge is 0.329 e. The first-order chi connectivity index (χ1) is 9.45. The van der Waals surface area contributed by atoms with Gasteiger partial charge in [-0.15, -0.1) is 0 Å². The first kappa shape index (κ1) is 15.5. The summed E-state index contributed by atoms with van der Waals surface area (Å²) in [5.41, 5.74) is -0.0550. The summed E-state index contributed by atoms with van der Waals surface area (Å²) in [6.07, 6.45) is 0.111. The summed E-state index contributed by atoms with van der Waals surface area (Å²) in [6.45, 7) is 1.10. The zero-order chi connectivity index (χ0) is 15.1. The molecule has 1 aromatic carbocycles. The molecule has 0 aliphatic carbocycles. The van der Waals surface area contributed by atoms with Gasteiger partial charge in [-0.3, -0.25) is 9.59 Å². The lowest BCUT2D eigenvalue weighted by Crippen LogP contribution is -2.44. The predicted octanol–water partition coefficient (Wildman–Crippen LogP) is 0.528. The minimum atomic E-state index is -1.38. The number of carbonyl (C=O) groups is 3. The van der Waals surface area contributed by atoms with E-state index in [-0.39, 0.29) is 17.7 Å². The summed E-state index contributed by atoms with van der Waals surface area (Å²) in [4.78, 5) is 33.8. The minimum Gasteiger partial charge on any atom is -0.507 e. The van der Waals surface area contributed by atoms with Crippen molar-refractivity contribution in [3.05, 3.63) is 29.8 Å². The van der Waals surface area contributed by atoms with Crippen LogP contribution in [0.3, 0.4) is 0 Å². The van der Waals surface area contributed by atoms with E-state index in [1.807, 2.05) is 0 Å². The van der Waals surface area contributed by atoms with Crippen LogP contribution in [0.2, 0.25) is 0 Å². The van der Waals surface area contributed by atoms with Crippen LogP contribution in [0.5, 0.6) is 5.75 Å². The standard InChI is InChI=1S/C13H15NO6/c1-2-11(16)20-7-9(13(18)19)14-12(17)8-5-3-4-6-10(8)15/h3-6,9,15H,2,7H2,1H3,(H,14,17)(H,18,19)/t9-/m0/s1. The van der Waals surface area contributed by atoms with Gasteiger partial charge in [0, 0.05) is 6.42 Å². The Morgan fingerprint density at radius 1 is 1.30 bits per heavy atom. The summed E-state index contributed by atoms with van der Waals surface area (Å²) in [6, 6.07) is 4.34. The molecule has 0 heterocycles. The predicted molar refractivity (Wildman–Crippen MR) is 68.2 cm³/mol. The monoisotopic (exact) mass is 281 g/mol. The Balaban J connectivity index is 2.71. The number of carboxylic acids is 1. The highest BCUT2D eigenvalue weighted by molar-refractivity contribution is 5.98. The molecule has 1 aromatic rings. The number of aliphatic carboxylic acids is 1. The molecule has 108 valence electrons. The van der Waals surface area contributed by atoms with Gasteiger partial charge >= 0.3 is 11.9 Å². The fourth-order valence-corrected chi connectivity index (χ4v) is 1.35. The number of ether oxygens (including phenoxy) is 1. The molecule has 0 fully saturated rings. The van der Waals surface area contributed by atoms with Gasteiger partial charge in [-0.1, -0.05) is 19.1 Å². The van der Waals surface area contributed by atoms with Crippen molar-refractivity contribution in [3.63, 3.8) is 0 Å². The third-order valence-corrected chi connectivity index (χ3v) is 2.45. The maximum absolute atomic E-state index is 11.8. The van der Waals surface area contributed by atoms with Crippen molar-refractivity contribution in [1.29, 1.82) is 0 Å². The fraction of sp³-hybridized carbons (Fsp3) is 0.308. The lowest BCUT2D eigenvalue weighted by atomic mass is 10.1. The molecule has 0 saturated carbocycles. The number of phenolic OH excluding ortho intramolecular Hbond substituents is 1. The van der Waals surface area contributed by atoms with Crippen LogP contribution in [-0.2, 0) is 14.3 Å². The maximum Gasteiger partial charge on any atom is 0.329 e. The number of nitrogens with one attached hydrogen (secondary N) is 1. The third kappa shape index (κ3) is 4.27. The maximum atomic E-state index is 11.8. The molecule has 3 N–H and O–H groups in total. The highest BCUT2D eigenvalue weighted by Crippen LogP contribution is 2.15. The third-order valence-electron chi connectivity index (χ3n) is 2.45. The van der Waals surface area contributed by atoms with Crippen molar-refractivity contribution in [3.8, 4) is 5.75 Å². The molecule has 1 amide bonds. The van der Waals surface area contributed by atoms with E-state index in [0.29, 0.717) is 0 Å². The number of para-hydroxylation sites is 1. The van der Waals surface area contributed by atoms with Crippen LogP contribution >= 0.6 is 0 Å². The average molecular weight is 281 g/mol. The van der Waals surface area contributed by atoms with E-state index in [2.05, 4.69) is 10.1 Å². The molecule has 0 radical (unpaired) electrons. The van der Waals surface area contributed by atoms with Crippen molar-refractivity contribution in [2.75, 3.05) is 6.61 Å². The summed E-state index contributed by atoms with van der Waals surface area (Å²) in [5, 5.41) is 20.6. The molecule has 0 bridgehead atoms. The molecule has 7 heteroatoms. The van der Waals surface area contributed by atoms with Gasteiger partial charge in [-0.2, -0.15) is 0 Å². The molecular weight excluding hydrogens is 266 g/mol. The first-order valence-electron chi connectivity index (χ1n) is 5.93. The normalized spacial score (nSPS) is 11.4. The number of phenols is 1. The van der Waals surface area contributed by atoms with Gasteiger partial charge in [0.2, 0.25) is 0 Å². The van der Waals surface area contributed by atoms with Gasteiger partial charge in [0.15, 0.2) is 6.04 Å². The summed E-state index contributed by atoms with van der Waals surface area (Å²) in [7, 11) is 0. The summed E-state index contributed by atoms with van der Waals surface area (Å²) < 4.78 is 4.68. The number of hydrogen-bond acceptors (Lipinski definition) is 5. The topological polar surface area (TPSA) is 113 Å². The minimum absolute atomic E-state index is 0.0550. The molecule has 0 spiro atoms. The number of amides is 1. The van der Waals surface area contributed by atoms with Crippen LogP contribution in [0.4, 0.5) is 0 Å². The average Bonchev–Trinajstić information content (AvgIpc) is 2.42. The second kappa shape index (κ2) is 7.13. The first-order valence-corrected chi connectivity index (χ1v) is 5.93. The van der Waals surface area contributed by atoms with Crippen molar-refractivity contribution in [2.24, 2.45) is 0 Å². The molecule has 0 unspecified atom stereocenters. The van der Waals surface area contributed by atoms with Crippen molar-refractivity contribution >= 4 is 17.8 Å². The Bertz CT molecular complexity index is 513. The number of esters is 1. The van der Waals surface area contributed by atoms with E-state index in [4.69, 9.17) is 5.11 Å². The number of carboxylic acid groups (broad SMARTS) is 1. The number of carbonyl (C=O) groups excluding carboxylic acids is 2. The van der Waals surface area contributed by atoms with Gasteiger partial charge in [0.25, 0.3) is 5.91 Å². The molecule has 0 aliphatic rings. The zero-order valence-corrected chi connectivity index (χ0v) is 10.8. The van der Waals surface area contributed by atoms with Gasteiger partial charge < -0.3 is 20.3 Å². The summed E-state index contributed by atoms with van der Waals surface area (Å²) in [5.74, 6) is -2.92. The summed E-state index contributed by atoms with van der Waals surface area (Å²) >= 11 is 0. The Morgan fingerprint density at radius 2 is 1.95 bits per heavy atom. The second-order valence-electron chi connectivity index (χ2n) is 3.92. The zero-order valence-electron chi connectivity index (χ0n) is 10.8. The van der Waals surface area contributed by atoms with Crippen LogP contribution < -0.4 is 5.32 Å².